The van der Waals surface area contributed by atoms with Gasteiger partial charge in [0.15, 0.2) is 0 Å². The van der Waals surface area contributed by atoms with Gasteiger partial charge in [0.25, 0.3) is 0 Å². The largest absolute Gasteiger partial charge is 0.478 e. The molecule has 0 radical (unpaired) electrons. The van der Waals surface area contributed by atoms with Gasteiger partial charge in [0.05, 0.1) is 63.7 Å². The standard InChI is InChI=1S/C10H22O7.2C3H4O2/c11-1-9(2-12,3-13)7-17-8-10(4-14,5-15)6-16;2*1-2-3(4)5/h11-16H,1-8H2;2*2H,1H2,(H,4,5). The van der Waals surface area contributed by atoms with Gasteiger partial charge < -0.3 is 45.6 Å². The number of carboxylic acid groups (broad SMARTS) is 2. The van der Waals surface area contributed by atoms with Gasteiger partial charge in [-0.15, -0.1) is 0 Å². The van der Waals surface area contributed by atoms with Gasteiger partial charge in [-0.2, -0.15) is 0 Å². The molecule has 0 aromatic carbocycles. The van der Waals surface area contributed by atoms with E-state index in [9.17, 15) is 9.59 Å². The van der Waals surface area contributed by atoms with Crippen LogP contribution in [0.5, 0.6) is 0 Å². The normalized spacial score (nSPS) is 10.6. The van der Waals surface area contributed by atoms with Crippen molar-refractivity contribution in [3.63, 3.8) is 0 Å². The Bertz CT molecular complexity index is 360. The van der Waals surface area contributed by atoms with Gasteiger partial charge in [0.1, 0.15) is 0 Å². The van der Waals surface area contributed by atoms with Crippen molar-refractivity contribution in [2.75, 3.05) is 52.9 Å². The molecular formula is C16H30O11. The highest BCUT2D eigenvalue weighted by Gasteiger charge is 2.32. The number of aliphatic hydroxyl groups is 6. The van der Waals surface area contributed by atoms with Crippen molar-refractivity contribution in [3.05, 3.63) is 25.3 Å². The minimum Gasteiger partial charge on any atom is -0.478 e. The molecule has 160 valence electrons. The molecule has 0 bridgehead atoms. The average Bonchev–Trinajstić information content (AvgIpc) is 2.70. The van der Waals surface area contributed by atoms with Crippen molar-refractivity contribution in [2.45, 2.75) is 0 Å². The summed E-state index contributed by atoms with van der Waals surface area (Å²) in [4.78, 5) is 18.5. The summed E-state index contributed by atoms with van der Waals surface area (Å²) in [6, 6.07) is 0. The minimum absolute atomic E-state index is 0.141. The summed E-state index contributed by atoms with van der Waals surface area (Å²) in [5.74, 6) is -1.96. The number of aliphatic hydroxyl groups excluding tert-OH is 6. The first-order valence-corrected chi connectivity index (χ1v) is 7.55. The van der Waals surface area contributed by atoms with E-state index < -0.39 is 62.4 Å². The number of carboxylic acids is 2. The van der Waals surface area contributed by atoms with Crippen molar-refractivity contribution in [3.8, 4) is 0 Å². The van der Waals surface area contributed by atoms with Gasteiger partial charge in [-0.25, -0.2) is 9.59 Å². The van der Waals surface area contributed by atoms with E-state index in [1.54, 1.807) is 0 Å². The predicted octanol–water partition coefficient (Wildman–Crippen LogP) is -2.56. The molecule has 0 atom stereocenters. The van der Waals surface area contributed by atoms with Gasteiger partial charge in [-0.05, 0) is 0 Å². The second-order valence-corrected chi connectivity index (χ2v) is 5.53. The van der Waals surface area contributed by atoms with Crippen LogP contribution < -0.4 is 0 Å². The molecule has 11 heteroatoms. The smallest absolute Gasteiger partial charge is 0.327 e. The molecule has 11 nitrogen and oxygen atoms in total. The molecule has 0 fully saturated rings. The Morgan fingerprint density at radius 1 is 0.667 bits per heavy atom. The highest BCUT2D eigenvalue weighted by molar-refractivity contribution is 5.79. The lowest BCUT2D eigenvalue weighted by Gasteiger charge is -2.31. The molecule has 0 saturated carbocycles. The summed E-state index contributed by atoms with van der Waals surface area (Å²) >= 11 is 0. The molecular weight excluding hydrogens is 368 g/mol. The maximum atomic E-state index is 9.25. The lowest BCUT2D eigenvalue weighted by Crippen LogP contribution is -2.43. The Kier molecular flexibility index (Phi) is 19.4. The van der Waals surface area contributed by atoms with E-state index in [1.807, 2.05) is 0 Å². The van der Waals surface area contributed by atoms with Crippen molar-refractivity contribution in [1.82, 2.24) is 0 Å². The predicted molar refractivity (Wildman–Crippen MR) is 93.9 cm³/mol. The zero-order valence-corrected chi connectivity index (χ0v) is 15.0. The van der Waals surface area contributed by atoms with Crippen LogP contribution in [0.3, 0.4) is 0 Å². The van der Waals surface area contributed by atoms with Gasteiger partial charge >= 0.3 is 11.9 Å². The summed E-state index contributed by atoms with van der Waals surface area (Å²) in [5, 5.41) is 69.4. The van der Waals surface area contributed by atoms with Crippen LogP contribution >= 0.6 is 0 Å². The van der Waals surface area contributed by atoms with Crippen LogP contribution in [0.1, 0.15) is 0 Å². The molecule has 0 aromatic heterocycles. The summed E-state index contributed by atoms with van der Waals surface area (Å²) in [5.41, 5.74) is -2.32. The minimum atomic E-state index is -1.16. The van der Waals surface area contributed by atoms with Crippen LogP contribution in [0, 0.1) is 10.8 Å². The Balaban J connectivity index is -0.000000471. The molecule has 0 aliphatic carbocycles. The van der Waals surface area contributed by atoms with E-state index in [4.69, 9.17) is 45.6 Å². The van der Waals surface area contributed by atoms with Crippen LogP contribution in [0.2, 0.25) is 0 Å². The molecule has 0 spiro atoms. The first kappa shape index (κ1) is 29.9. The third kappa shape index (κ3) is 14.9. The summed E-state index contributed by atoms with van der Waals surface area (Å²) in [6.45, 7) is 2.92. The van der Waals surface area contributed by atoms with Crippen LogP contribution in [-0.2, 0) is 14.3 Å². The van der Waals surface area contributed by atoms with E-state index in [0.29, 0.717) is 0 Å². The van der Waals surface area contributed by atoms with Gasteiger partial charge in [0.2, 0.25) is 0 Å². The Labute approximate surface area is 157 Å². The summed E-state index contributed by atoms with van der Waals surface area (Å²) < 4.78 is 5.15. The fourth-order valence-electron chi connectivity index (χ4n) is 1.06. The van der Waals surface area contributed by atoms with Crippen LogP contribution in [0.25, 0.3) is 0 Å². The Hall–Kier alpha value is -1.86. The molecule has 8 N–H and O–H groups in total. The summed E-state index contributed by atoms with van der Waals surface area (Å²) in [7, 11) is 0. The Morgan fingerprint density at radius 2 is 0.852 bits per heavy atom. The highest BCUT2D eigenvalue weighted by Crippen LogP contribution is 2.19. The van der Waals surface area contributed by atoms with Crippen molar-refractivity contribution < 1.29 is 55.2 Å². The van der Waals surface area contributed by atoms with E-state index in [-0.39, 0.29) is 13.2 Å². The number of hydrogen-bond acceptors (Lipinski definition) is 9. The molecule has 0 unspecified atom stereocenters. The quantitative estimate of drug-likeness (QED) is 0.161. The fraction of sp³-hybridized carbons (Fsp3) is 0.625. The highest BCUT2D eigenvalue weighted by atomic mass is 16.5. The first-order chi connectivity index (χ1) is 12.6. The number of rotatable bonds is 12. The lowest BCUT2D eigenvalue weighted by molar-refractivity contribution is -0.132. The molecule has 0 amide bonds. The topological polar surface area (TPSA) is 205 Å². The van der Waals surface area contributed by atoms with Crippen molar-refractivity contribution in [2.24, 2.45) is 10.8 Å². The number of carbonyl (C=O) groups is 2. The SMILES string of the molecule is C=CC(=O)O.C=CC(=O)O.OCC(CO)(CO)COCC(CO)(CO)CO. The number of hydrogen-bond donors (Lipinski definition) is 8. The third-order valence-corrected chi connectivity index (χ3v) is 3.18. The molecule has 0 rings (SSSR count). The monoisotopic (exact) mass is 398 g/mol. The molecule has 0 aliphatic rings. The molecule has 0 aromatic rings. The first-order valence-electron chi connectivity index (χ1n) is 7.55. The zero-order chi connectivity index (χ0) is 21.9. The number of ether oxygens (including phenoxy) is 1. The zero-order valence-electron chi connectivity index (χ0n) is 15.0. The molecule has 27 heavy (non-hydrogen) atoms. The van der Waals surface area contributed by atoms with Crippen LogP contribution in [-0.4, -0.2) is 106 Å². The van der Waals surface area contributed by atoms with Crippen molar-refractivity contribution >= 4 is 11.9 Å². The van der Waals surface area contributed by atoms with Crippen LogP contribution in [0.4, 0.5) is 0 Å². The van der Waals surface area contributed by atoms with Gasteiger partial charge in [-0.1, -0.05) is 13.2 Å². The third-order valence-electron chi connectivity index (χ3n) is 3.18. The van der Waals surface area contributed by atoms with Gasteiger partial charge in [0, 0.05) is 12.2 Å². The van der Waals surface area contributed by atoms with E-state index >= 15 is 0 Å². The van der Waals surface area contributed by atoms with E-state index in [0.717, 1.165) is 12.2 Å². The molecule has 0 saturated heterocycles. The Morgan fingerprint density at radius 3 is 0.963 bits per heavy atom. The van der Waals surface area contributed by atoms with E-state index in [2.05, 4.69) is 13.2 Å². The average molecular weight is 398 g/mol. The second-order valence-electron chi connectivity index (χ2n) is 5.53. The molecule has 0 aliphatic heterocycles. The maximum absolute atomic E-state index is 9.25. The second kappa shape index (κ2) is 17.5. The molecule has 0 heterocycles. The summed E-state index contributed by atoms with van der Waals surface area (Å²) in [6.07, 6.45) is 1.67. The van der Waals surface area contributed by atoms with Crippen molar-refractivity contribution in [1.29, 1.82) is 0 Å². The lowest BCUT2D eigenvalue weighted by atomic mass is 9.91. The number of aliphatic carboxylic acids is 2. The van der Waals surface area contributed by atoms with Crippen LogP contribution in [0.15, 0.2) is 25.3 Å². The fourth-order valence-corrected chi connectivity index (χ4v) is 1.06. The maximum Gasteiger partial charge on any atom is 0.327 e. The van der Waals surface area contributed by atoms with E-state index in [1.165, 1.54) is 0 Å². The van der Waals surface area contributed by atoms with Gasteiger partial charge in [-0.3, -0.25) is 0 Å².